The molecule has 3 aromatic rings. The molecule has 0 bridgehead atoms. The monoisotopic (exact) mass is 474 g/mol. The minimum absolute atomic E-state index is 0.109. The van der Waals surface area contributed by atoms with E-state index in [0.29, 0.717) is 25.6 Å². The Morgan fingerprint density at radius 3 is 2.38 bits per heavy atom. The summed E-state index contributed by atoms with van der Waals surface area (Å²) < 4.78 is 50.0. The Labute approximate surface area is 195 Å². The van der Waals surface area contributed by atoms with Crippen molar-refractivity contribution in [2.45, 2.75) is 13.1 Å². The first kappa shape index (κ1) is 23.4. The van der Waals surface area contributed by atoms with Gasteiger partial charge < -0.3 is 24.6 Å². The number of benzene rings is 2. The molecule has 0 aliphatic carbocycles. The Kier molecular flexibility index (Phi) is 6.90. The van der Waals surface area contributed by atoms with Crippen molar-refractivity contribution in [1.29, 1.82) is 0 Å². The average Bonchev–Trinajstić information content (AvgIpc) is 2.84. The summed E-state index contributed by atoms with van der Waals surface area (Å²) in [6.07, 6.45) is -4.44. The summed E-state index contributed by atoms with van der Waals surface area (Å²) in [7, 11) is 1.64. The first-order valence-corrected chi connectivity index (χ1v) is 10.8. The van der Waals surface area contributed by atoms with Gasteiger partial charge in [-0.05, 0) is 37.3 Å². The molecule has 8 nitrogen and oxygen atoms in total. The van der Waals surface area contributed by atoms with Crippen LogP contribution in [0.1, 0.15) is 12.5 Å². The van der Waals surface area contributed by atoms with E-state index in [9.17, 15) is 13.2 Å². The van der Waals surface area contributed by atoms with Gasteiger partial charge in [0.05, 0.1) is 19.3 Å². The maximum Gasteiger partial charge on any atom is 0.416 e. The van der Waals surface area contributed by atoms with Gasteiger partial charge in [-0.1, -0.05) is 12.1 Å². The highest BCUT2D eigenvalue weighted by Crippen LogP contribution is 2.31. The van der Waals surface area contributed by atoms with Crippen LogP contribution in [0.4, 0.5) is 36.4 Å². The molecule has 2 heterocycles. The molecule has 0 atom stereocenters. The molecule has 1 aliphatic heterocycles. The number of nitrogens with one attached hydrogen (secondary N) is 1. The fourth-order valence-corrected chi connectivity index (χ4v) is 3.61. The molecule has 0 unspecified atom stereocenters. The third-order valence-corrected chi connectivity index (χ3v) is 5.30. The lowest BCUT2D eigenvalue weighted by Gasteiger charge is -2.36. The highest BCUT2D eigenvalue weighted by molar-refractivity contribution is 5.57. The van der Waals surface area contributed by atoms with Crippen molar-refractivity contribution in [3.05, 3.63) is 54.1 Å². The average molecular weight is 474 g/mol. The standard InChI is InChI=1S/C23H25F3N6O2/c1-3-34-22-29-20(27-17-7-4-6-16(14-17)23(24,25)26)28-21(30-22)32-12-10-31(11-13-32)18-8-5-9-19(15-18)33-2/h4-9,14-15H,3,10-13H2,1-2H3,(H,27,28,29,30). The maximum absolute atomic E-state index is 13.1. The summed E-state index contributed by atoms with van der Waals surface area (Å²) in [6, 6.07) is 12.9. The van der Waals surface area contributed by atoms with Gasteiger partial charge in [-0.3, -0.25) is 0 Å². The van der Waals surface area contributed by atoms with Crippen molar-refractivity contribution in [3.63, 3.8) is 0 Å². The van der Waals surface area contributed by atoms with Gasteiger partial charge in [0.1, 0.15) is 5.75 Å². The van der Waals surface area contributed by atoms with E-state index in [2.05, 4.69) is 25.2 Å². The van der Waals surface area contributed by atoms with Crippen LogP contribution in [-0.2, 0) is 6.18 Å². The first-order chi connectivity index (χ1) is 16.4. The smallest absolute Gasteiger partial charge is 0.416 e. The number of methoxy groups -OCH3 is 1. The van der Waals surface area contributed by atoms with E-state index in [1.54, 1.807) is 14.0 Å². The first-order valence-electron chi connectivity index (χ1n) is 10.8. The van der Waals surface area contributed by atoms with E-state index in [4.69, 9.17) is 9.47 Å². The molecule has 1 saturated heterocycles. The van der Waals surface area contributed by atoms with E-state index in [-0.39, 0.29) is 17.6 Å². The fraction of sp³-hybridized carbons (Fsp3) is 0.348. The zero-order valence-electron chi connectivity index (χ0n) is 18.8. The number of hydrogen-bond donors (Lipinski definition) is 1. The topological polar surface area (TPSA) is 75.6 Å². The van der Waals surface area contributed by atoms with Crippen LogP contribution in [-0.4, -0.2) is 54.8 Å². The number of alkyl halides is 3. The van der Waals surface area contributed by atoms with E-state index in [0.717, 1.165) is 36.7 Å². The lowest BCUT2D eigenvalue weighted by Crippen LogP contribution is -2.47. The molecule has 0 radical (unpaired) electrons. The predicted molar refractivity (Wildman–Crippen MR) is 123 cm³/mol. The van der Waals surface area contributed by atoms with Crippen LogP contribution in [0.5, 0.6) is 11.8 Å². The Morgan fingerprint density at radius 2 is 1.68 bits per heavy atom. The number of anilines is 4. The molecular formula is C23H25F3N6O2. The zero-order valence-corrected chi connectivity index (χ0v) is 18.8. The number of rotatable bonds is 7. The molecule has 11 heteroatoms. The van der Waals surface area contributed by atoms with Crippen molar-refractivity contribution in [2.24, 2.45) is 0 Å². The fourth-order valence-electron chi connectivity index (χ4n) is 3.61. The van der Waals surface area contributed by atoms with Gasteiger partial charge in [0.25, 0.3) is 0 Å². The number of halogens is 3. The maximum atomic E-state index is 13.1. The number of aromatic nitrogens is 3. The highest BCUT2D eigenvalue weighted by atomic mass is 19.4. The molecule has 1 N–H and O–H groups in total. The molecule has 1 aliphatic rings. The second-order valence-corrected chi connectivity index (χ2v) is 7.55. The second kappa shape index (κ2) is 10.0. The molecular weight excluding hydrogens is 449 g/mol. The SMILES string of the molecule is CCOc1nc(Nc2cccc(C(F)(F)F)c2)nc(N2CCN(c3cccc(OC)c3)CC2)n1. The molecule has 1 fully saturated rings. The molecule has 0 amide bonds. The quantitative estimate of drug-likeness (QED) is 0.541. The number of hydrogen-bond acceptors (Lipinski definition) is 8. The summed E-state index contributed by atoms with van der Waals surface area (Å²) in [6.45, 7) is 4.91. The van der Waals surface area contributed by atoms with Crippen molar-refractivity contribution in [3.8, 4) is 11.8 Å². The summed E-state index contributed by atoms with van der Waals surface area (Å²) in [5.74, 6) is 1.31. The van der Waals surface area contributed by atoms with Crippen LogP contribution in [0.15, 0.2) is 48.5 Å². The lowest BCUT2D eigenvalue weighted by atomic mass is 10.2. The molecule has 4 rings (SSSR count). The normalized spacial score (nSPS) is 14.1. The Morgan fingerprint density at radius 1 is 0.941 bits per heavy atom. The highest BCUT2D eigenvalue weighted by Gasteiger charge is 2.30. The van der Waals surface area contributed by atoms with Crippen molar-refractivity contribution < 1.29 is 22.6 Å². The van der Waals surface area contributed by atoms with Crippen molar-refractivity contribution in [2.75, 3.05) is 55.0 Å². The molecule has 0 saturated carbocycles. The Hall–Kier alpha value is -3.76. The molecule has 2 aromatic carbocycles. The van der Waals surface area contributed by atoms with Gasteiger partial charge in [-0.2, -0.15) is 28.1 Å². The van der Waals surface area contributed by atoms with Gasteiger partial charge in [0.2, 0.25) is 11.9 Å². The van der Waals surface area contributed by atoms with E-state index >= 15 is 0 Å². The van der Waals surface area contributed by atoms with Crippen molar-refractivity contribution >= 4 is 23.3 Å². The van der Waals surface area contributed by atoms with Crippen LogP contribution in [0.2, 0.25) is 0 Å². The molecule has 180 valence electrons. The van der Waals surface area contributed by atoms with Gasteiger partial charge in [0.15, 0.2) is 0 Å². The van der Waals surface area contributed by atoms with Crippen molar-refractivity contribution in [1.82, 2.24) is 15.0 Å². The predicted octanol–water partition coefficient (Wildman–Crippen LogP) is 4.37. The van der Waals surface area contributed by atoms with E-state index in [1.807, 2.05) is 29.2 Å². The molecule has 0 spiro atoms. The number of ether oxygens (including phenoxy) is 2. The Balaban J connectivity index is 1.51. The second-order valence-electron chi connectivity index (χ2n) is 7.55. The number of piperazine rings is 1. The summed E-state index contributed by atoms with van der Waals surface area (Å²) in [4.78, 5) is 17.3. The molecule has 34 heavy (non-hydrogen) atoms. The van der Waals surface area contributed by atoms with E-state index in [1.165, 1.54) is 12.1 Å². The Bertz CT molecular complexity index is 1120. The minimum Gasteiger partial charge on any atom is -0.497 e. The minimum atomic E-state index is -4.44. The third kappa shape index (κ3) is 5.59. The summed E-state index contributed by atoms with van der Waals surface area (Å²) in [5.41, 5.74) is 0.527. The van der Waals surface area contributed by atoms with Gasteiger partial charge >= 0.3 is 12.2 Å². The molecule has 1 aromatic heterocycles. The van der Waals surface area contributed by atoms with Crippen LogP contribution < -0.4 is 24.6 Å². The zero-order chi connectivity index (χ0) is 24.1. The largest absolute Gasteiger partial charge is 0.497 e. The van der Waals surface area contributed by atoms with Crippen LogP contribution in [0.3, 0.4) is 0 Å². The van der Waals surface area contributed by atoms with Gasteiger partial charge in [-0.15, -0.1) is 0 Å². The lowest BCUT2D eigenvalue weighted by molar-refractivity contribution is -0.137. The van der Waals surface area contributed by atoms with E-state index < -0.39 is 11.7 Å². The van der Waals surface area contributed by atoms with Gasteiger partial charge in [-0.25, -0.2) is 0 Å². The van der Waals surface area contributed by atoms with Crippen LogP contribution in [0.25, 0.3) is 0 Å². The van der Waals surface area contributed by atoms with Crippen LogP contribution in [0, 0.1) is 0 Å². The van der Waals surface area contributed by atoms with Gasteiger partial charge in [0, 0.05) is 43.6 Å². The summed E-state index contributed by atoms with van der Waals surface area (Å²) >= 11 is 0. The number of nitrogens with zero attached hydrogens (tertiary/aromatic N) is 5. The summed E-state index contributed by atoms with van der Waals surface area (Å²) in [5, 5.41) is 2.85. The van der Waals surface area contributed by atoms with Crippen LogP contribution >= 0.6 is 0 Å². The third-order valence-electron chi connectivity index (χ3n) is 5.30.